The number of ether oxygens (including phenoxy) is 2. The molecule has 1 heterocycles. The first kappa shape index (κ1) is 25.8. The van der Waals surface area contributed by atoms with Gasteiger partial charge in [-0.1, -0.05) is 41.6 Å². The minimum absolute atomic E-state index is 0.117. The van der Waals surface area contributed by atoms with Crippen LogP contribution in [0.5, 0.6) is 11.5 Å². The molecule has 0 bridgehead atoms. The monoisotopic (exact) mass is 517 g/mol. The van der Waals surface area contributed by atoms with Gasteiger partial charge in [0.15, 0.2) is 11.0 Å². The van der Waals surface area contributed by atoms with Crippen LogP contribution in [-0.2, 0) is 11.3 Å². The lowest BCUT2D eigenvalue weighted by molar-refractivity contribution is -0.113. The average Bonchev–Trinajstić information content (AvgIpc) is 3.34. The van der Waals surface area contributed by atoms with E-state index < -0.39 is 0 Å². The molecule has 10 heteroatoms. The maximum absolute atomic E-state index is 12.7. The molecule has 37 heavy (non-hydrogen) atoms. The van der Waals surface area contributed by atoms with Gasteiger partial charge in [0, 0.05) is 11.3 Å². The Balaban J connectivity index is 1.52. The van der Waals surface area contributed by atoms with E-state index >= 15 is 0 Å². The molecular weight excluding hydrogens is 490 g/mol. The van der Waals surface area contributed by atoms with Gasteiger partial charge in [-0.3, -0.25) is 14.2 Å². The third kappa shape index (κ3) is 6.47. The number of para-hydroxylation sites is 2. The molecule has 0 aliphatic carbocycles. The van der Waals surface area contributed by atoms with Gasteiger partial charge in [0.2, 0.25) is 5.91 Å². The third-order valence-electron chi connectivity index (χ3n) is 5.45. The summed E-state index contributed by atoms with van der Waals surface area (Å²) in [6.07, 6.45) is 0. The van der Waals surface area contributed by atoms with E-state index in [1.54, 1.807) is 43.1 Å². The van der Waals surface area contributed by atoms with E-state index in [4.69, 9.17) is 9.47 Å². The van der Waals surface area contributed by atoms with Crippen molar-refractivity contribution in [1.29, 1.82) is 0 Å². The molecule has 0 saturated carbocycles. The summed E-state index contributed by atoms with van der Waals surface area (Å²) in [7, 11) is 3.15. The SMILES string of the molecule is COc1ccc(C(=O)NCc2nnc(SCC(=O)Nc3ccc(C)cc3)n2-c2ccccc2OC)cc1. The molecule has 4 rings (SSSR count). The standard InChI is InChI=1S/C27H27N5O4S/c1-18-8-12-20(13-9-18)29-25(33)17-37-27-31-30-24(32(27)22-6-4-5-7-23(22)36-3)16-28-26(34)19-10-14-21(35-2)15-11-19/h4-15H,16-17H2,1-3H3,(H,28,34)(H,29,33). The van der Waals surface area contributed by atoms with Gasteiger partial charge in [-0.15, -0.1) is 10.2 Å². The summed E-state index contributed by atoms with van der Waals surface area (Å²) < 4.78 is 12.5. The minimum Gasteiger partial charge on any atom is -0.497 e. The van der Waals surface area contributed by atoms with E-state index in [0.717, 1.165) is 11.3 Å². The molecule has 0 radical (unpaired) electrons. The Morgan fingerprint density at radius 3 is 2.35 bits per heavy atom. The number of rotatable bonds is 10. The molecule has 0 spiro atoms. The van der Waals surface area contributed by atoms with E-state index in [-0.39, 0.29) is 24.1 Å². The Labute approximate surface area is 219 Å². The highest BCUT2D eigenvalue weighted by molar-refractivity contribution is 7.99. The number of thioether (sulfide) groups is 1. The summed E-state index contributed by atoms with van der Waals surface area (Å²) in [6.45, 7) is 2.11. The van der Waals surface area contributed by atoms with Gasteiger partial charge in [-0.25, -0.2) is 0 Å². The second-order valence-corrected chi connectivity index (χ2v) is 8.96. The van der Waals surface area contributed by atoms with Crippen LogP contribution < -0.4 is 20.1 Å². The van der Waals surface area contributed by atoms with Crippen LogP contribution in [0.15, 0.2) is 78.0 Å². The highest BCUT2D eigenvalue weighted by atomic mass is 32.2. The van der Waals surface area contributed by atoms with Crippen molar-refractivity contribution in [2.75, 3.05) is 25.3 Å². The van der Waals surface area contributed by atoms with Gasteiger partial charge in [0.05, 0.1) is 32.2 Å². The van der Waals surface area contributed by atoms with Crippen molar-refractivity contribution in [2.45, 2.75) is 18.6 Å². The first-order valence-corrected chi connectivity index (χ1v) is 12.5. The summed E-state index contributed by atoms with van der Waals surface area (Å²) >= 11 is 1.24. The van der Waals surface area contributed by atoms with Crippen molar-refractivity contribution < 1.29 is 19.1 Å². The van der Waals surface area contributed by atoms with Gasteiger partial charge in [0.25, 0.3) is 5.91 Å². The predicted molar refractivity (Wildman–Crippen MR) is 143 cm³/mol. The Morgan fingerprint density at radius 1 is 0.919 bits per heavy atom. The number of anilines is 1. The van der Waals surface area contributed by atoms with Gasteiger partial charge < -0.3 is 20.1 Å². The first-order chi connectivity index (χ1) is 18.0. The summed E-state index contributed by atoms with van der Waals surface area (Å²) in [5.41, 5.74) is 3.03. The number of aryl methyl sites for hydroxylation is 1. The summed E-state index contributed by atoms with van der Waals surface area (Å²) in [4.78, 5) is 25.3. The number of hydrogen-bond acceptors (Lipinski definition) is 7. The van der Waals surface area contributed by atoms with Crippen molar-refractivity contribution in [3.63, 3.8) is 0 Å². The lowest BCUT2D eigenvalue weighted by Crippen LogP contribution is -2.24. The number of benzene rings is 3. The fourth-order valence-corrected chi connectivity index (χ4v) is 4.30. The van der Waals surface area contributed by atoms with Crippen LogP contribution in [-0.4, -0.2) is 46.6 Å². The smallest absolute Gasteiger partial charge is 0.251 e. The minimum atomic E-state index is -0.260. The van der Waals surface area contributed by atoms with Crippen LogP contribution in [0, 0.1) is 6.92 Å². The van der Waals surface area contributed by atoms with Crippen molar-refractivity contribution >= 4 is 29.3 Å². The van der Waals surface area contributed by atoms with Crippen molar-refractivity contribution in [3.05, 3.63) is 89.7 Å². The third-order valence-corrected chi connectivity index (χ3v) is 6.38. The molecule has 190 valence electrons. The summed E-state index contributed by atoms with van der Waals surface area (Å²) in [5.74, 6) is 1.46. The maximum atomic E-state index is 12.7. The van der Waals surface area contributed by atoms with Crippen molar-refractivity contribution in [3.8, 4) is 17.2 Å². The zero-order valence-electron chi connectivity index (χ0n) is 20.7. The van der Waals surface area contributed by atoms with Gasteiger partial charge >= 0.3 is 0 Å². The average molecular weight is 518 g/mol. The lowest BCUT2D eigenvalue weighted by atomic mass is 10.2. The van der Waals surface area contributed by atoms with E-state index in [2.05, 4.69) is 20.8 Å². The number of amides is 2. The Hall–Kier alpha value is -4.31. The number of carbonyl (C=O) groups is 2. The van der Waals surface area contributed by atoms with Gasteiger partial charge in [-0.2, -0.15) is 0 Å². The molecule has 0 fully saturated rings. The fraction of sp³-hybridized carbons (Fsp3) is 0.185. The van der Waals surface area contributed by atoms with Crippen LogP contribution in [0.25, 0.3) is 5.69 Å². The molecule has 0 saturated heterocycles. The Morgan fingerprint density at radius 2 is 1.65 bits per heavy atom. The van der Waals surface area contributed by atoms with Crippen LogP contribution in [0.3, 0.4) is 0 Å². The quantitative estimate of drug-likeness (QED) is 0.303. The number of hydrogen-bond donors (Lipinski definition) is 2. The van der Waals surface area contributed by atoms with Gasteiger partial charge in [0.1, 0.15) is 11.5 Å². The Kier molecular flexibility index (Phi) is 8.42. The zero-order chi connectivity index (χ0) is 26.2. The highest BCUT2D eigenvalue weighted by Crippen LogP contribution is 2.29. The molecule has 3 aromatic carbocycles. The second-order valence-electron chi connectivity index (χ2n) is 8.02. The number of aromatic nitrogens is 3. The predicted octanol–water partition coefficient (Wildman–Crippen LogP) is 4.25. The molecule has 9 nitrogen and oxygen atoms in total. The Bertz CT molecular complexity index is 1370. The highest BCUT2D eigenvalue weighted by Gasteiger charge is 2.19. The topological polar surface area (TPSA) is 107 Å². The molecule has 4 aromatic rings. The zero-order valence-corrected chi connectivity index (χ0v) is 21.5. The van der Waals surface area contributed by atoms with E-state index in [0.29, 0.717) is 33.7 Å². The van der Waals surface area contributed by atoms with Crippen molar-refractivity contribution in [1.82, 2.24) is 20.1 Å². The number of methoxy groups -OCH3 is 2. The molecular formula is C27H27N5O4S. The number of carbonyl (C=O) groups excluding carboxylic acids is 2. The van der Waals surface area contributed by atoms with E-state index in [1.807, 2.05) is 55.5 Å². The molecule has 0 atom stereocenters. The van der Waals surface area contributed by atoms with E-state index in [9.17, 15) is 9.59 Å². The second kappa shape index (κ2) is 12.1. The fourth-order valence-electron chi connectivity index (χ4n) is 3.53. The summed E-state index contributed by atoms with van der Waals surface area (Å²) in [6, 6.07) is 21.8. The van der Waals surface area contributed by atoms with E-state index in [1.165, 1.54) is 11.8 Å². The normalized spacial score (nSPS) is 10.6. The largest absolute Gasteiger partial charge is 0.497 e. The summed E-state index contributed by atoms with van der Waals surface area (Å²) in [5, 5.41) is 14.9. The molecule has 2 amide bonds. The van der Waals surface area contributed by atoms with Gasteiger partial charge in [-0.05, 0) is 55.5 Å². The molecule has 2 N–H and O–H groups in total. The molecule has 1 aromatic heterocycles. The lowest BCUT2D eigenvalue weighted by Gasteiger charge is -2.14. The maximum Gasteiger partial charge on any atom is 0.251 e. The molecule has 0 aliphatic rings. The number of nitrogens with zero attached hydrogens (tertiary/aromatic N) is 3. The number of nitrogens with one attached hydrogen (secondary N) is 2. The van der Waals surface area contributed by atoms with Crippen LogP contribution >= 0.6 is 11.8 Å². The van der Waals surface area contributed by atoms with Crippen molar-refractivity contribution in [2.24, 2.45) is 0 Å². The molecule has 0 aliphatic heterocycles. The molecule has 0 unspecified atom stereocenters. The van der Waals surface area contributed by atoms with Crippen LogP contribution in [0.4, 0.5) is 5.69 Å². The van der Waals surface area contributed by atoms with Crippen LogP contribution in [0.2, 0.25) is 0 Å². The van der Waals surface area contributed by atoms with Crippen LogP contribution in [0.1, 0.15) is 21.7 Å². The first-order valence-electron chi connectivity index (χ1n) is 11.5.